The number of aryl methyl sites for hydroxylation is 1. The minimum atomic E-state index is -0.394. The summed E-state index contributed by atoms with van der Waals surface area (Å²) in [6, 6.07) is 3.39. The predicted molar refractivity (Wildman–Crippen MR) is 71.3 cm³/mol. The maximum absolute atomic E-state index is 11.6. The van der Waals surface area contributed by atoms with Gasteiger partial charge in [-0.1, -0.05) is 0 Å². The first-order chi connectivity index (χ1) is 9.61. The number of carbonyl (C=O) groups excluding carboxylic acids is 1. The van der Waals surface area contributed by atoms with E-state index in [1.165, 1.54) is 7.11 Å². The standard InChI is InChI=1S/C13H13N5O2/c1-8-10(6-14-17(8)2)12-16-15-11-5-4-9(7-18(11)12)13(19)20-3/h4-7H,1-3H3. The topological polar surface area (TPSA) is 74.3 Å². The molecule has 0 bridgehead atoms. The first-order valence-electron chi connectivity index (χ1n) is 6.04. The van der Waals surface area contributed by atoms with E-state index in [1.807, 2.05) is 14.0 Å². The fraction of sp³-hybridized carbons (Fsp3) is 0.231. The Kier molecular flexibility index (Phi) is 2.74. The number of hydrogen-bond donors (Lipinski definition) is 0. The van der Waals surface area contributed by atoms with E-state index in [2.05, 4.69) is 15.3 Å². The lowest BCUT2D eigenvalue weighted by atomic mass is 10.2. The molecule has 102 valence electrons. The van der Waals surface area contributed by atoms with Gasteiger partial charge < -0.3 is 4.74 Å². The summed E-state index contributed by atoms with van der Waals surface area (Å²) in [5, 5.41) is 12.5. The molecule has 0 radical (unpaired) electrons. The van der Waals surface area contributed by atoms with Crippen molar-refractivity contribution in [3.8, 4) is 11.4 Å². The van der Waals surface area contributed by atoms with Crippen LogP contribution < -0.4 is 0 Å². The molecule has 0 aliphatic carbocycles. The largest absolute Gasteiger partial charge is 0.465 e. The number of hydrogen-bond acceptors (Lipinski definition) is 5. The van der Waals surface area contributed by atoms with Gasteiger partial charge in [0, 0.05) is 18.9 Å². The Morgan fingerprint density at radius 3 is 2.75 bits per heavy atom. The van der Waals surface area contributed by atoms with E-state index in [0.29, 0.717) is 17.0 Å². The monoisotopic (exact) mass is 271 g/mol. The van der Waals surface area contributed by atoms with Crippen molar-refractivity contribution in [3.05, 3.63) is 35.8 Å². The minimum Gasteiger partial charge on any atom is -0.465 e. The number of esters is 1. The van der Waals surface area contributed by atoms with Gasteiger partial charge in [0.2, 0.25) is 0 Å². The van der Waals surface area contributed by atoms with Gasteiger partial charge in [0.25, 0.3) is 0 Å². The van der Waals surface area contributed by atoms with Gasteiger partial charge in [0.05, 0.1) is 24.4 Å². The minimum absolute atomic E-state index is 0.394. The van der Waals surface area contributed by atoms with Crippen molar-refractivity contribution in [2.75, 3.05) is 7.11 Å². The van der Waals surface area contributed by atoms with Gasteiger partial charge in [0.1, 0.15) is 0 Å². The molecule has 0 saturated carbocycles. The molecule has 0 saturated heterocycles. The Bertz CT molecular complexity index is 802. The lowest BCUT2D eigenvalue weighted by molar-refractivity contribution is 0.0600. The molecule has 0 spiro atoms. The summed E-state index contributed by atoms with van der Waals surface area (Å²) in [6.45, 7) is 1.95. The van der Waals surface area contributed by atoms with Crippen molar-refractivity contribution >= 4 is 11.6 Å². The Morgan fingerprint density at radius 2 is 2.10 bits per heavy atom. The van der Waals surface area contributed by atoms with Gasteiger partial charge in [-0.2, -0.15) is 5.10 Å². The van der Waals surface area contributed by atoms with Crippen LogP contribution in [0.3, 0.4) is 0 Å². The number of aromatic nitrogens is 5. The zero-order valence-corrected chi connectivity index (χ0v) is 11.4. The van der Waals surface area contributed by atoms with E-state index in [0.717, 1.165) is 11.3 Å². The van der Waals surface area contributed by atoms with Crippen LogP contribution in [0.5, 0.6) is 0 Å². The third kappa shape index (κ3) is 1.75. The van der Waals surface area contributed by atoms with Crippen LogP contribution in [-0.4, -0.2) is 37.5 Å². The van der Waals surface area contributed by atoms with Crippen molar-refractivity contribution in [1.82, 2.24) is 24.4 Å². The highest BCUT2D eigenvalue weighted by molar-refractivity contribution is 5.89. The number of nitrogens with zero attached hydrogens (tertiary/aromatic N) is 5. The summed E-state index contributed by atoms with van der Waals surface area (Å²) in [5.41, 5.74) is 2.96. The Balaban J connectivity index is 2.21. The van der Waals surface area contributed by atoms with E-state index in [1.54, 1.807) is 33.6 Å². The molecule has 0 unspecified atom stereocenters. The number of rotatable bonds is 2. The summed E-state index contributed by atoms with van der Waals surface area (Å²) in [4.78, 5) is 11.6. The van der Waals surface area contributed by atoms with Gasteiger partial charge in [-0.15, -0.1) is 10.2 Å². The molecule has 0 amide bonds. The molecule has 7 heteroatoms. The molecule has 7 nitrogen and oxygen atoms in total. The van der Waals surface area contributed by atoms with E-state index < -0.39 is 5.97 Å². The Morgan fingerprint density at radius 1 is 1.30 bits per heavy atom. The maximum atomic E-state index is 11.6. The lowest BCUT2D eigenvalue weighted by Gasteiger charge is -2.02. The summed E-state index contributed by atoms with van der Waals surface area (Å²) in [7, 11) is 3.22. The zero-order chi connectivity index (χ0) is 14.3. The summed E-state index contributed by atoms with van der Waals surface area (Å²) in [6.07, 6.45) is 3.40. The molecule has 0 aliphatic rings. The van der Waals surface area contributed by atoms with Crippen LogP contribution in [0.25, 0.3) is 17.0 Å². The third-order valence-electron chi connectivity index (χ3n) is 3.30. The van der Waals surface area contributed by atoms with Crippen molar-refractivity contribution in [2.24, 2.45) is 7.05 Å². The number of pyridine rings is 1. The molecule has 0 N–H and O–H groups in total. The van der Waals surface area contributed by atoms with E-state index in [4.69, 9.17) is 4.74 Å². The van der Waals surface area contributed by atoms with E-state index >= 15 is 0 Å². The van der Waals surface area contributed by atoms with Crippen LogP contribution in [0.1, 0.15) is 16.1 Å². The van der Waals surface area contributed by atoms with Crippen molar-refractivity contribution < 1.29 is 9.53 Å². The fourth-order valence-corrected chi connectivity index (χ4v) is 2.03. The molecule has 0 fully saturated rings. The molecule has 0 aromatic carbocycles. The fourth-order valence-electron chi connectivity index (χ4n) is 2.03. The molecule has 3 rings (SSSR count). The quantitative estimate of drug-likeness (QED) is 0.655. The predicted octanol–water partition coefficient (Wildman–Crippen LogP) is 1.22. The average molecular weight is 271 g/mol. The molecular weight excluding hydrogens is 258 g/mol. The van der Waals surface area contributed by atoms with Crippen molar-refractivity contribution in [1.29, 1.82) is 0 Å². The van der Waals surface area contributed by atoms with Crippen LogP contribution in [0.15, 0.2) is 24.5 Å². The first kappa shape index (κ1) is 12.3. The second kappa shape index (κ2) is 4.44. The van der Waals surface area contributed by atoms with Gasteiger partial charge in [-0.25, -0.2) is 4.79 Å². The SMILES string of the molecule is COC(=O)c1ccc2nnc(-c3cnn(C)c3C)n2c1. The van der Waals surface area contributed by atoms with Gasteiger partial charge in [-0.3, -0.25) is 9.08 Å². The summed E-state index contributed by atoms with van der Waals surface area (Å²) < 4.78 is 8.25. The molecule has 3 aromatic rings. The summed E-state index contributed by atoms with van der Waals surface area (Å²) >= 11 is 0. The zero-order valence-electron chi connectivity index (χ0n) is 11.4. The van der Waals surface area contributed by atoms with Gasteiger partial charge >= 0.3 is 5.97 Å². The average Bonchev–Trinajstić information content (AvgIpc) is 3.02. The van der Waals surface area contributed by atoms with Gasteiger partial charge in [0.15, 0.2) is 11.5 Å². The number of methoxy groups -OCH3 is 1. The smallest absolute Gasteiger partial charge is 0.339 e. The van der Waals surface area contributed by atoms with E-state index in [9.17, 15) is 4.79 Å². The lowest BCUT2D eigenvalue weighted by Crippen LogP contribution is -2.03. The number of fused-ring (bicyclic) bond motifs is 1. The van der Waals surface area contributed by atoms with Crippen LogP contribution >= 0.6 is 0 Å². The number of ether oxygens (including phenoxy) is 1. The van der Waals surface area contributed by atoms with Crippen LogP contribution in [0.4, 0.5) is 0 Å². The Hall–Kier alpha value is -2.70. The second-order valence-electron chi connectivity index (χ2n) is 4.43. The number of carbonyl (C=O) groups is 1. The second-order valence-corrected chi connectivity index (χ2v) is 4.43. The summed E-state index contributed by atoms with van der Waals surface area (Å²) in [5.74, 6) is 0.255. The highest BCUT2D eigenvalue weighted by Gasteiger charge is 2.15. The van der Waals surface area contributed by atoms with Crippen LogP contribution in [0.2, 0.25) is 0 Å². The van der Waals surface area contributed by atoms with Crippen molar-refractivity contribution in [2.45, 2.75) is 6.92 Å². The maximum Gasteiger partial charge on any atom is 0.339 e. The molecule has 3 aromatic heterocycles. The highest BCUT2D eigenvalue weighted by Crippen LogP contribution is 2.21. The van der Waals surface area contributed by atoms with Crippen LogP contribution in [0, 0.1) is 6.92 Å². The third-order valence-corrected chi connectivity index (χ3v) is 3.30. The van der Waals surface area contributed by atoms with Crippen molar-refractivity contribution in [3.63, 3.8) is 0 Å². The molecule has 3 heterocycles. The van der Waals surface area contributed by atoms with Gasteiger partial charge in [-0.05, 0) is 19.1 Å². The first-order valence-corrected chi connectivity index (χ1v) is 6.04. The molecule has 0 atom stereocenters. The molecule has 20 heavy (non-hydrogen) atoms. The normalized spacial score (nSPS) is 10.9. The molecular formula is C13H13N5O2. The van der Waals surface area contributed by atoms with E-state index in [-0.39, 0.29) is 0 Å². The van der Waals surface area contributed by atoms with Crippen LogP contribution in [-0.2, 0) is 11.8 Å². The Labute approximate surface area is 114 Å². The highest BCUT2D eigenvalue weighted by atomic mass is 16.5. The molecule has 0 aliphatic heterocycles.